The maximum Gasteiger partial charge on any atom is 0.330 e. The van der Waals surface area contributed by atoms with Crippen LogP contribution in [-0.4, -0.2) is 84.4 Å². The van der Waals surface area contributed by atoms with Crippen molar-refractivity contribution < 1.29 is 39.4 Å². The second kappa shape index (κ2) is 7.05. The van der Waals surface area contributed by atoms with E-state index in [1.165, 1.54) is 6.92 Å². The van der Waals surface area contributed by atoms with Crippen molar-refractivity contribution in [3.8, 4) is 0 Å². The van der Waals surface area contributed by atoms with Crippen molar-refractivity contribution in [2.45, 2.75) is 61.8 Å². The van der Waals surface area contributed by atoms with Crippen LogP contribution in [0.3, 0.4) is 0 Å². The molecule has 1 aromatic heterocycles. The number of nitrogens with zero attached hydrogens (tertiary/aromatic N) is 1. The van der Waals surface area contributed by atoms with Gasteiger partial charge < -0.3 is 35.0 Å². The molecule has 3 rings (SSSR count). The molecule has 3 heterocycles. The van der Waals surface area contributed by atoms with Crippen molar-refractivity contribution in [1.29, 1.82) is 0 Å². The molecule has 1 aromatic rings. The van der Waals surface area contributed by atoms with E-state index in [2.05, 4.69) is 0 Å². The van der Waals surface area contributed by atoms with Crippen molar-refractivity contribution in [2.24, 2.45) is 0 Å². The number of halogens is 1. The Morgan fingerprint density at radius 1 is 1.26 bits per heavy atom. The van der Waals surface area contributed by atoms with E-state index >= 15 is 0 Å². The summed E-state index contributed by atoms with van der Waals surface area (Å²) in [6, 6.07) is 0. The second-order valence-electron chi connectivity index (χ2n) is 6.80. The number of aromatic nitrogens is 2. The molecule has 0 amide bonds. The Hall–Kier alpha value is -1.67. The predicted octanol–water partition coefficient (Wildman–Crippen LogP) is -3.66. The molecule has 2 aliphatic rings. The molecule has 27 heavy (non-hydrogen) atoms. The lowest BCUT2D eigenvalue weighted by molar-refractivity contribution is -0.290. The maximum atomic E-state index is 13.9. The van der Waals surface area contributed by atoms with Crippen LogP contribution in [0.1, 0.15) is 13.3 Å². The Labute approximate surface area is 151 Å². The molecule has 0 saturated carbocycles. The van der Waals surface area contributed by atoms with Gasteiger partial charge in [-0.2, -0.15) is 4.39 Å². The van der Waals surface area contributed by atoms with Gasteiger partial charge in [-0.15, -0.1) is 0 Å². The highest BCUT2D eigenvalue weighted by Crippen LogP contribution is 2.42. The first kappa shape index (κ1) is 20.1. The lowest BCUT2D eigenvalue weighted by atomic mass is 9.87. The van der Waals surface area contributed by atoms with Crippen LogP contribution < -0.4 is 11.2 Å². The minimum Gasteiger partial charge on any atom is -0.394 e. The number of aliphatic hydroxyl groups is 5. The van der Waals surface area contributed by atoms with Crippen LogP contribution in [0.4, 0.5) is 4.39 Å². The van der Waals surface area contributed by atoms with Gasteiger partial charge in [-0.05, 0) is 6.92 Å². The average molecular weight is 392 g/mol. The van der Waals surface area contributed by atoms with Crippen molar-refractivity contribution in [2.75, 3.05) is 6.61 Å². The molecule has 0 aromatic carbocycles. The second-order valence-corrected chi connectivity index (χ2v) is 6.80. The number of aromatic amines is 1. The zero-order valence-electron chi connectivity index (χ0n) is 14.2. The molecule has 0 spiro atoms. The molecular weight excluding hydrogens is 371 g/mol. The topological polar surface area (TPSA) is 174 Å². The monoisotopic (exact) mass is 392 g/mol. The quantitative estimate of drug-likeness (QED) is 0.303. The summed E-state index contributed by atoms with van der Waals surface area (Å²) in [5, 5.41) is 50.0. The zero-order valence-corrected chi connectivity index (χ0v) is 14.2. The normalized spacial score (nSPS) is 42.4. The van der Waals surface area contributed by atoms with Gasteiger partial charge in [-0.25, -0.2) is 4.79 Å². The summed E-state index contributed by atoms with van der Waals surface area (Å²) >= 11 is 0. The molecule has 2 fully saturated rings. The number of aliphatic hydroxyl groups excluding tert-OH is 5. The Morgan fingerprint density at radius 2 is 1.93 bits per heavy atom. The van der Waals surface area contributed by atoms with E-state index < -0.39 is 78.5 Å². The summed E-state index contributed by atoms with van der Waals surface area (Å²) in [6.07, 6.45) is -9.91. The van der Waals surface area contributed by atoms with Gasteiger partial charge in [0.2, 0.25) is 5.82 Å². The van der Waals surface area contributed by atoms with Crippen LogP contribution in [0.5, 0.6) is 0 Å². The van der Waals surface area contributed by atoms with Crippen LogP contribution in [0.25, 0.3) is 0 Å². The van der Waals surface area contributed by atoms with E-state index in [-0.39, 0.29) is 0 Å². The lowest BCUT2D eigenvalue weighted by Crippen LogP contribution is -2.66. The zero-order chi connectivity index (χ0) is 20.1. The van der Waals surface area contributed by atoms with Gasteiger partial charge in [0.1, 0.15) is 30.5 Å². The van der Waals surface area contributed by atoms with Crippen molar-refractivity contribution >= 4 is 0 Å². The number of H-pyrrole nitrogens is 1. The molecule has 1 unspecified atom stereocenters. The molecule has 0 radical (unpaired) electrons. The minimum atomic E-state index is -2.07. The fourth-order valence-corrected chi connectivity index (χ4v) is 3.61. The van der Waals surface area contributed by atoms with Crippen LogP contribution in [-0.2, 0) is 15.2 Å². The summed E-state index contributed by atoms with van der Waals surface area (Å²) in [5.41, 5.74) is -4.46. The number of hydrogen-bond acceptors (Lipinski definition) is 9. The number of ether oxygens (including phenoxy) is 2. The molecule has 11 nitrogen and oxygen atoms in total. The third-order valence-corrected chi connectivity index (χ3v) is 5.07. The Morgan fingerprint density at radius 3 is 2.52 bits per heavy atom. The number of nitrogens with one attached hydrogen (secondary N) is 1. The highest BCUT2D eigenvalue weighted by atomic mass is 19.1. The molecular formula is C15H21FN2O9. The van der Waals surface area contributed by atoms with E-state index in [0.717, 1.165) is 0 Å². The first-order valence-electron chi connectivity index (χ1n) is 8.30. The Balaban J connectivity index is 2.17. The van der Waals surface area contributed by atoms with Gasteiger partial charge in [0.05, 0.1) is 25.0 Å². The standard InChI is InChI=1S/C15H21FN2O9/c1-5-9(21)10(22)11(23)12(26-5)15(2-7(20)8(4-19)27-15)18-3-6(16)13(24)17-14(18)25/h3,5,7-12,19-23H,2,4H2,1H3,(H,17,24,25)/t5-,7-,8+,9-,10+,11+,12?,15-/m0/s1. The highest BCUT2D eigenvalue weighted by Gasteiger charge is 2.59. The number of hydrogen-bond donors (Lipinski definition) is 6. The summed E-state index contributed by atoms with van der Waals surface area (Å²) in [6.45, 7) is 0.735. The molecule has 8 atom stereocenters. The van der Waals surface area contributed by atoms with Gasteiger partial charge in [0.15, 0.2) is 5.72 Å². The lowest BCUT2D eigenvalue weighted by Gasteiger charge is -2.47. The third kappa shape index (κ3) is 3.12. The maximum absolute atomic E-state index is 13.9. The van der Waals surface area contributed by atoms with Gasteiger partial charge in [0.25, 0.3) is 5.56 Å². The summed E-state index contributed by atoms with van der Waals surface area (Å²) in [5.74, 6) is -1.33. The first-order valence-corrected chi connectivity index (χ1v) is 8.30. The van der Waals surface area contributed by atoms with Gasteiger partial charge in [-0.1, -0.05) is 0 Å². The van der Waals surface area contributed by atoms with Crippen molar-refractivity contribution in [3.63, 3.8) is 0 Å². The SMILES string of the molecule is C[C@@H]1OC([C@]2(n3cc(F)c(=O)[nH]c3=O)C[C@H](O)[C@@H](CO)O2)[C@H](O)[C@H](O)[C@H]1O. The smallest absolute Gasteiger partial charge is 0.330 e. The molecule has 6 N–H and O–H groups in total. The van der Waals surface area contributed by atoms with E-state index in [0.29, 0.717) is 10.8 Å². The average Bonchev–Trinajstić information content (AvgIpc) is 2.96. The summed E-state index contributed by atoms with van der Waals surface area (Å²) in [7, 11) is 0. The van der Waals surface area contributed by atoms with Crippen molar-refractivity contribution in [3.05, 3.63) is 32.9 Å². The van der Waals surface area contributed by atoms with Crippen LogP contribution in [0.15, 0.2) is 15.8 Å². The van der Waals surface area contributed by atoms with Gasteiger partial charge in [-0.3, -0.25) is 14.3 Å². The van der Waals surface area contributed by atoms with Crippen LogP contribution in [0, 0.1) is 5.82 Å². The van der Waals surface area contributed by atoms with E-state index in [4.69, 9.17) is 9.47 Å². The highest BCUT2D eigenvalue weighted by molar-refractivity contribution is 5.06. The number of rotatable bonds is 3. The van der Waals surface area contributed by atoms with E-state index in [1.54, 1.807) is 4.98 Å². The predicted molar refractivity (Wildman–Crippen MR) is 84.2 cm³/mol. The van der Waals surface area contributed by atoms with E-state index in [1.807, 2.05) is 0 Å². The molecule has 2 saturated heterocycles. The minimum absolute atomic E-state index is 0.430. The summed E-state index contributed by atoms with van der Waals surface area (Å²) in [4.78, 5) is 25.4. The van der Waals surface area contributed by atoms with Crippen LogP contribution in [0.2, 0.25) is 0 Å². The van der Waals surface area contributed by atoms with Crippen LogP contribution >= 0.6 is 0 Å². The molecule has 0 bridgehead atoms. The third-order valence-electron chi connectivity index (χ3n) is 5.07. The molecule has 2 aliphatic heterocycles. The summed E-state index contributed by atoms with van der Waals surface area (Å²) < 4.78 is 25.6. The fraction of sp³-hybridized carbons (Fsp3) is 0.733. The Kier molecular flexibility index (Phi) is 5.24. The van der Waals surface area contributed by atoms with Gasteiger partial charge in [0, 0.05) is 6.42 Å². The van der Waals surface area contributed by atoms with Crippen molar-refractivity contribution in [1.82, 2.24) is 9.55 Å². The first-order chi connectivity index (χ1) is 12.6. The Bertz CT molecular complexity index is 813. The fourth-order valence-electron chi connectivity index (χ4n) is 3.61. The van der Waals surface area contributed by atoms with Gasteiger partial charge >= 0.3 is 5.69 Å². The molecule has 152 valence electrons. The largest absolute Gasteiger partial charge is 0.394 e. The van der Waals surface area contributed by atoms with E-state index in [9.17, 15) is 39.5 Å². The molecule has 12 heteroatoms. The molecule has 0 aliphatic carbocycles.